The van der Waals surface area contributed by atoms with Gasteiger partial charge >= 0.3 is 0 Å². The highest BCUT2D eigenvalue weighted by Crippen LogP contribution is 2.42. The van der Waals surface area contributed by atoms with E-state index < -0.39 is 0 Å². The van der Waals surface area contributed by atoms with E-state index in [-0.39, 0.29) is 0 Å². The zero-order chi connectivity index (χ0) is 17.4. The highest BCUT2D eigenvalue weighted by atomic mass is 16.5. The maximum atomic E-state index is 5.95. The lowest BCUT2D eigenvalue weighted by atomic mass is 9.74. The number of aromatic nitrogens is 2. The molecule has 5 heteroatoms. The van der Waals surface area contributed by atoms with E-state index in [0.29, 0.717) is 17.9 Å². The number of benzene rings is 1. The molecule has 1 unspecified atom stereocenters. The third-order valence-electron chi connectivity index (χ3n) is 5.77. The number of ether oxygens (including phenoxy) is 1. The molecule has 0 aliphatic carbocycles. The summed E-state index contributed by atoms with van der Waals surface area (Å²) < 4.78 is 5.52. The molecule has 2 aromatic rings. The standard InChI is InChI=1S/C20H26N4O/c1-13-22-18(16-5-3-4-6-20(16)25-2)10-19(23-13)17-12-24-8-7-14(17)9-15(24)11-21/h3-6,10,14-15,17H,7-9,11-12,21H2,1-2H3/t14-,15+,17+/m0/s1. The van der Waals surface area contributed by atoms with Gasteiger partial charge in [-0.2, -0.15) is 0 Å². The minimum atomic E-state index is 0.478. The average Bonchev–Trinajstić information content (AvgIpc) is 2.67. The van der Waals surface area contributed by atoms with Gasteiger partial charge in [-0.25, -0.2) is 9.97 Å². The van der Waals surface area contributed by atoms with E-state index in [2.05, 4.69) is 22.0 Å². The van der Waals surface area contributed by atoms with Gasteiger partial charge in [0.1, 0.15) is 11.6 Å². The van der Waals surface area contributed by atoms with E-state index in [0.717, 1.165) is 35.9 Å². The van der Waals surface area contributed by atoms with Crippen molar-refractivity contribution in [2.75, 3.05) is 26.7 Å². The number of para-hydroxylation sites is 1. The van der Waals surface area contributed by atoms with Gasteiger partial charge in [0, 0.05) is 36.3 Å². The molecule has 0 spiro atoms. The summed E-state index contributed by atoms with van der Waals surface area (Å²) in [5, 5.41) is 0. The molecule has 0 amide bonds. The van der Waals surface area contributed by atoms with Gasteiger partial charge in [0.2, 0.25) is 0 Å². The normalized spacial score (nSPS) is 28.1. The van der Waals surface area contributed by atoms with Crippen LogP contribution >= 0.6 is 0 Å². The lowest BCUT2D eigenvalue weighted by Crippen LogP contribution is -2.55. The Labute approximate surface area is 149 Å². The van der Waals surface area contributed by atoms with Crippen LogP contribution in [0, 0.1) is 12.8 Å². The van der Waals surface area contributed by atoms with Gasteiger partial charge in [0.25, 0.3) is 0 Å². The van der Waals surface area contributed by atoms with E-state index in [9.17, 15) is 0 Å². The molecule has 2 bridgehead atoms. The van der Waals surface area contributed by atoms with Crippen LogP contribution in [-0.2, 0) is 0 Å². The summed E-state index contributed by atoms with van der Waals surface area (Å²) in [7, 11) is 1.70. The Hall–Kier alpha value is -1.98. The van der Waals surface area contributed by atoms with Crippen LogP contribution in [0.1, 0.15) is 30.3 Å². The number of aryl methyl sites for hydroxylation is 1. The van der Waals surface area contributed by atoms with Crippen LogP contribution in [0.3, 0.4) is 0 Å². The number of hydrogen-bond donors (Lipinski definition) is 1. The van der Waals surface area contributed by atoms with Crippen LogP contribution in [0.15, 0.2) is 30.3 Å². The second kappa shape index (κ2) is 6.73. The molecule has 4 heterocycles. The van der Waals surface area contributed by atoms with Crippen molar-refractivity contribution in [1.29, 1.82) is 0 Å². The average molecular weight is 338 g/mol. The van der Waals surface area contributed by atoms with E-state index in [1.54, 1.807) is 7.11 Å². The molecule has 4 atom stereocenters. The molecule has 3 aliphatic heterocycles. The first kappa shape index (κ1) is 16.5. The Bertz CT molecular complexity index is 763. The largest absolute Gasteiger partial charge is 0.496 e. The first-order chi connectivity index (χ1) is 12.2. The van der Waals surface area contributed by atoms with Crippen molar-refractivity contribution >= 4 is 0 Å². The van der Waals surface area contributed by atoms with Crippen molar-refractivity contribution in [1.82, 2.24) is 14.9 Å². The molecule has 5 rings (SSSR count). The zero-order valence-corrected chi connectivity index (χ0v) is 15.0. The molecule has 0 saturated carbocycles. The number of piperidine rings is 3. The number of nitrogens with zero attached hydrogens (tertiary/aromatic N) is 3. The summed E-state index contributed by atoms with van der Waals surface area (Å²) in [4.78, 5) is 12.0. The predicted octanol–water partition coefficient (Wildman–Crippen LogP) is 2.60. The molecule has 25 heavy (non-hydrogen) atoms. The molecule has 1 aromatic heterocycles. The number of nitrogens with two attached hydrogens (primary N) is 1. The Kier molecular flexibility index (Phi) is 4.44. The number of methoxy groups -OCH3 is 1. The molecule has 132 valence electrons. The van der Waals surface area contributed by atoms with Crippen LogP contribution in [-0.4, -0.2) is 47.7 Å². The topological polar surface area (TPSA) is 64.3 Å². The summed E-state index contributed by atoms with van der Waals surface area (Å²) >= 11 is 0. The molecular weight excluding hydrogens is 312 g/mol. The van der Waals surface area contributed by atoms with Crippen molar-refractivity contribution < 1.29 is 4.74 Å². The molecular formula is C20H26N4O. The molecule has 1 aromatic carbocycles. The third-order valence-corrected chi connectivity index (χ3v) is 5.77. The van der Waals surface area contributed by atoms with Crippen LogP contribution < -0.4 is 10.5 Å². The molecule has 3 saturated heterocycles. The van der Waals surface area contributed by atoms with Gasteiger partial charge in [0.15, 0.2) is 0 Å². The van der Waals surface area contributed by atoms with Gasteiger partial charge in [-0.3, -0.25) is 4.90 Å². The van der Waals surface area contributed by atoms with Crippen molar-refractivity contribution in [2.45, 2.75) is 31.7 Å². The minimum absolute atomic E-state index is 0.478. The Morgan fingerprint density at radius 2 is 2.12 bits per heavy atom. The van der Waals surface area contributed by atoms with Crippen LogP contribution in [0.2, 0.25) is 0 Å². The van der Waals surface area contributed by atoms with Crippen LogP contribution in [0.25, 0.3) is 11.3 Å². The summed E-state index contributed by atoms with van der Waals surface area (Å²) in [5.74, 6) is 2.83. The molecule has 3 fully saturated rings. The smallest absolute Gasteiger partial charge is 0.128 e. The molecule has 3 aliphatic rings. The lowest BCUT2D eigenvalue weighted by molar-refractivity contribution is 0.0333. The number of fused-ring (bicyclic) bond motifs is 3. The highest BCUT2D eigenvalue weighted by molar-refractivity contribution is 5.67. The Morgan fingerprint density at radius 3 is 2.84 bits per heavy atom. The van der Waals surface area contributed by atoms with Gasteiger partial charge in [-0.1, -0.05) is 12.1 Å². The summed E-state index contributed by atoms with van der Waals surface area (Å²) in [6.45, 7) is 4.98. The van der Waals surface area contributed by atoms with Crippen LogP contribution in [0.4, 0.5) is 0 Å². The van der Waals surface area contributed by atoms with Crippen molar-refractivity contribution in [2.24, 2.45) is 11.7 Å². The van der Waals surface area contributed by atoms with Crippen molar-refractivity contribution in [3.05, 3.63) is 41.9 Å². The second-order valence-electron chi connectivity index (χ2n) is 7.20. The fourth-order valence-electron chi connectivity index (χ4n) is 4.49. The minimum Gasteiger partial charge on any atom is -0.496 e. The SMILES string of the molecule is COc1ccccc1-c1cc([C@@H]2CN3CC[C@H]2C[C@@H]3CN)nc(C)n1. The molecule has 0 radical (unpaired) electrons. The zero-order valence-electron chi connectivity index (χ0n) is 15.0. The lowest BCUT2D eigenvalue weighted by Gasteiger charge is -2.49. The maximum Gasteiger partial charge on any atom is 0.128 e. The summed E-state index contributed by atoms with van der Waals surface area (Å²) in [6, 6.07) is 10.8. The van der Waals surface area contributed by atoms with Crippen LogP contribution in [0.5, 0.6) is 5.75 Å². The first-order valence-electron chi connectivity index (χ1n) is 9.12. The number of rotatable bonds is 4. The summed E-state index contributed by atoms with van der Waals surface area (Å²) in [6.07, 6.45) is 2.43. The van der Waals surface area contributed by atoms with E-state index in [1.165, 1.54) is 25.1 Å². The first-order valence-corrected chi connectivity index (χ1v) is 9.12. The fraction of sp³-hybridized carbons (Fsp3) is 0.500. The van der Waals surface area contributed by atoms with E-state index in [4.69, 9.17) is 15.5 Å². The Balaban J connectivity index is 1.69. The molecule has 5 nitrogen and oxygen atoms in total. The summed E-state index contributed by atoms with van der Waals surface area (Å²) in [5.41, 5.74) is 9.09. The van der Waals surface area contributed by atoms with E-state index in [1.807, 2.05) is 25.1 Å². The second-order valence-corrected chi connectivity index (χ2v) is 7.20. The van der Waals surface area contributed by atoms with Crippen molar-refractivity contribution in [3.63, 3.8) is 0 Å². The molecule has 2 N–H and O–H groups in total. The van der Waals surface area contributed by atoms with Gasteiger partial charge < -0.3 is 10.5 Å². The maximum absolute atomic E-state index is 5.95. The van der Waals surface area contributed by atoms with Crippen molar-refractivity contribution in [3.8, 4) is 17.0 Å². The monoisotopic (exact) mass is 338 g/mol. The third kappa shape index (κ3) is 3.02. The highest BCUT2D eigenvalue weighted by Gasteiger charge is 2.40. The predicted molar refractivity (Wildman–Crippen MR) is 98.6 cm³/mol. The number of hydrogen-bond acceptors (Lipinski definition) is 5. The van der Waals surface area contributed by atoms with Gasteiger partial charge in [-0.15, -0.1) is 0 Å². The Morgan fingerprint density at radius 1 is 1.28 bits per heavy atom. The van der Waals surface area contributed by atoms with Gasteiger partial charge in [-0.05, 0) is 50.4 Å². The quantitative estimate of drug-likeness (QED) is 0.928. The fourth-order valence-corrected chi connectivity index (χ4v) is 4.49. The van der Waals surface area contributed by atoms with Gasteiger partial charge in [0.05, 0.1) is 12.8 Å². The van der Waals surface area contributed by atoms with E-state index >= 15 is 0 Å².